The Balaban J connectivity index is 2.12. The van der Waals surface area contributed by atoms with Crippen LogP contribution in [0.3, 0.4) is 0 Å². The topological polar surface area (TPSA) is 82.9 Å². The van der Waals surface area contributed by atoms with Crippen LogP contribution >= 0.6 is 0 Å². The van der Waals surface area contributed by atoms with Crippen molar-refractivity contribution in [3.05, 3.63) is 66.7 Å². The summed E-state index contributed by atoms with van der Waals surface area (Å²) >= 11 is 0. The van der Waals surface area contributed by atoms with Crippen LogP contribution < -0.4 is 5.14 Å². The first-order chi connectivity index (χ1) is 12.4. The van der Waals surface area contributed by atoms with Crippen molar-refractivity contribution in [2.24, 2.45) is 12.2 Å². The number of sulfonamides is 1. The zero-order chi connectivity index (χ0) is 18.5. The molecule has 0 aliphatic carbocycles. The number of imidazole rings is 1. The molecule has 6 nitrogen and oxygen atoms in total. The van der Waals surface area contributed by atoms with Gasteiger partial charge < -0.3 is 9.13 Å². The highest BCUT2D eigenvalue weighted by Gasteiger charge is 2.20. The Bertz CT molecular complexity index is 1220. The minimum atomic E-state index is -3.79. The van der Waals surface area contributed by atoms with Gasteiger partial charge in [-0.25, -0.2) is 18.5 Å². The van der Waals surface area contributed by atoms with Gasteiger partial charge in [-0.05, 0) is 37.3 Å². The summed E-state index contributed by atoms with van der Waals surface area (Å²) in [5.74, 6) is 0. The van der Waals surface area contributed by atoms with Gasteiger partial charge in [0.05, 0.1) is 22.4 Å². The zero-order valence-corrected chi connectivity index (χ0v) is 15.2. The van der Waals surface area contributed by atoms with E-state index in [0.717, 1.165) is 33.5 Å². The van der Waals surface area contributed by atoms with E-state index in [4.69, 9.17) is 5.14 Å². The van der Waals surface area contributed by atoms with Gasteiger partial charge in [0.25, 0.3) is 0 Å². The lowest BCUT2D eigenvalue weighted by molar-refractivity contribution is 0.598. The second-order valence-corrected chi connectivity index (χ2v) is 7.84. The van der Waals surface area contributed by atoms with Crippen molar-refractivity contribution in [3.63, 3.8) is 0 Å². The first kappa shape index (κ1) is 16.6. The largest absolute Gasteiger partial charge is 0.340 e. The average Bonchev–Trinajstić information content (AvgIpc) is 3.14. The molecule has 26 heavy (non-hydrogen) atoms. The molecule has 4 rings (SSSR count). The monoisotopic (exact) mass is 366 g/mol. The predicted molar refractivity (Wildman–Crippen MR) is 102 cm³/mol. The number of nitrogens with two attached hydrogens (primary N) is 1. The molecule has 0 bridgehead atoms. The molecular weight excluding hydrogens is 348 g/mol. The third kappa shape index (κ3) is 2.61. The van der Waals surface area contributed by atoms with Crippen LogP contribution in [0.5, 0.6) is 0 Å². The van der Waals surface area contributed by atoms with Crippen LogP contribution in [0.4, 0.5) is 0 Å². The lowest BCUT2D eigenvalue weighted by atomic mass is 10.1. The fourth-order valence-electron chi connectivity index (χ4n) is 3.35. The van der Waals surface area contributed by atoms with E-state index in [-0.39, 0.29) is 4.90 Å². The van der Waals surface area contributed by atoms with E-state index in [1.807, 2.05) is 55.1 Å². The lowest BCUT2D eigenvalue weighted by Gasteiger charge is -2.08. The molecule has 0 atom stereocenters. The van der Waals surface area contributed by atoms with Crippen molar-refractivity contribution < 1.29 is 8.42 Å². The summed E-state index contributed by atoms with van der Waals surface area (Å²) in [5.41, 5.74) is 4.57. The molecule has 4 aromatic rings. The summed E-state index contributed by atoms with van der Waals surface area (Å²) in [5, 5.41) is 6.14. The number of hydrogen-bond acceptors (Lipinski definition) is 3. The standard InChI is InChI=1S/C19H18N4O2S/c1-13-19(17-11-22(2)12-21-17)16-10-15(26(20,24)25)8-9-18(16)23(13)14-6-4-3-5-7-14/h3-12H,1-2H3,(H2,20,24,25). The molecule has 2 aromatic heterocycles. The molecule has 0 aliphatic heterocycles. The Kier molecular flexibility index (Phi) is 3.71. The normalized spacial score (nSPS) is 12.0. The SMILES string of the molecule is Cc1c(-c2cn(C)cn2)c2cc(S(N)(=O)=O)ccc2n1-c1ccccc1. The van der Waals surface area contributed by atoms with E-state index in [1.54, 1.807) is 24.5 Å². The highest BCUT2D eigenvalue weighted by molar-refractivity contribution is 7.89. The second-order valence-electron chi connectivity index (χ2n) is 6.28. The molecule has 2 heterocycles. The summed E-state index contributed by atoms with van der Waals surface area (Å²) in [6, 6.07) is 14.9. The van der Waals surface area contributed by atoms with Crippen LogP contribution in [-0.2, 0) is 17.1 Å². The second kappa shape index (κ2) is 5.82. The van der Waals surface area contributed by atoms with E-state index >= 15 is 0 Å². The van der Waals surface area contributed by atoms with Gasteiger partial charge in [0.2, 0.25) is 10.0 Å². The quantitative estimate of drug-likeness (QED) is 0.605. The van der Waals surface area contributed by atoms with Crippen LogP contribution in [-0.4, -0.2) is 22.5 Å². The van der Waals surface area contributed by atoms with Gasteiger partial charge in [-0.15, -0.1) is 0 Å². The number of nitrogens with zero attached hydrogens (tertiary/aromatic N) is 3. The Morgan fingerprint density at radius 1 is 1.08 bits per heavy atom. The van der Waals surface area contributed by atoms with Gasteiger partial charge in [0.15, 0.2) is 0 Å². The first-order valence-corrected chi connectivity index (χ1v) is 9.62. The maximum absolute atomic E-state index is 11.8. The van der Waals surface area contributed by atoms with Gasteiger partial charge >= 0.3 is 0 Å². The van der Waals surface area contributed by atoms with Crippen LogP contribution in [0.25, 0.3) is 27.8 Å². The number of hydrogen-bond donors (Lipinski definition) is 1. The Labute approximate surface area is 151 Å². The van der Waals surface area contributed by atoms with E-state index in [2.05, 4.69) is 9.55 Å². The molecule has 0 spiro atoms. The Morgan fingerprint density at radius 2 is 1.81 bits per heavy atom. The molecule has 0 saturated carbocycles. The van der Waals surface area contributed by atoms with Crippen molar-refractivity contribution in [1.82, 2.24) is 14.1 Å². The molecule has 0 radical (unpaired) electrons. The highest BCUT2D eigenvalue weighted by Crippen LogP contribution is 2.36. The average molecular weight is 366 g/mol. The molecule has 0 unspecified atom stereocenters. The third-order valence-corrected chi connectivity index (χ3v) is 5.39. The molecule has 0 aliphatic rings. The lowest BCUT2D eigenvalue weighted by Crippen LogP contribution is -2.11. The van der Waals surface area contributed by atoms with E-state index in [0.29, 0.717) is 0 Å². The number of primary sulfonamides is 1. The number of benzene rings is 2. The maximum atomic E-state index is 11.8. The van der Waals surface area contributed by atoms with Crippen molar-refractivity contribution >= 4 is 20.9 Å². The maximum Gasteiger partial charge on any atom is 0.238 e. The molecule has 0 saturated heterocycles. The van der Waals surface area contributed by atoms with E-state index < -0.39 is 10.0 Å². The molecule has 0 amide bonds. The Morgan fingerprint density at radius 3 is 2.42 bits per heavy atom. The third-order valence-electron chi connectivity index (χ3n) is 4.48. The van der Waals surface area contributed by atoms with Crippen molar-refractivity contribution in [2.75, 3.05) is 0 Å². The summed E-state index contributed by atoms with van der Waals surface area (Å²) < 4.78 is 27.7. The van der Waals surface area contributed by atoms with Crippen LogP contribution in [0, 0.1) is 6.92 Å². The van der Waals surface area contributed by atoms with Gasteiger partial charge in [0.1, 0.15) is 0 Å². The number of rotatable bonds is 3. The smallest absolute Gasteiger partial charge is 0.238 e. The van der Waals surface area contributed by atoms with E-state index in [1.165, 1.54) is 0 Å². The summed E-state index contributed by atoms with van der Waals surface area (Å²) in [6.07, 6.45) is 3.64. The van der Waals surface area contributed by atoms with Crippen molar-refractivity contribution in [3.8, 4) is 16.9 Å². The minimum absolute atomic E-state index is 0.0902. The summed E-state index contributed by atoms with van der Waals surface area (Å²) in [6.45, 7) is 2.01. The van der Waals surface area contributed by atoms with E-state index in [9.17, 15) is 8.42 Å². The van der Waals surface area contributed by atoms with Gasteiger partial charge in [-0.3, -0.25) is 0 Å². The number of aryl methyl sites for hydroxylation is 1. The molecule has 0 fully saturated rings. The molecular formula is C19H18N4O2S. The summed E-state index contributed by atoms with van der Waals surface area (Å²) in [7, 11) is -1.89. The summed E-state index contributed by atoms with van der Waals surface area (Å²) in [4.78, 5) is 4.55. The van der Waals surface area contributed by atoms with Crippen molar-refractivity contribution in [1.29, 1.82) is 0 Å². The number of fused-ring (bicyclic) bond motifs is 1. The van der Waals surface area contributed by atoms with Crippen molar-refractivity contribution in [2.45, 2.75) is 11.8 Å². The van der Waals surface area contributed by atoms with Gasteiger partial charge in [-0.1, -0.05) is 18.2 Å². The molecule has 7 heteroatoms. The zero-order valence-electron chi connectivity index (χ0n) is 14.4. The highest BCUT2D eigenvalue weighted by atomic mass is 32.2. The van der Waals surface area contributed by atoms with Crippen LogP contribution in [0.1, 0.15) is 5.69 Å². The van der Waals surface area contributed by atoms with Gasteiger partial charge in [0, 0.05) is 35.6 Å². The fraction of sp³-hybridized carbons (Fsp3) is 0.105. The minimum Gasteiger partial charge on any atom is -0.340 e. The van der Waals surface area contributed by atoms with Crippen LogP contribution in [0.2, 0.25) is 0 Å². The molecule has 132 valence electrons. The van der Waals surface area contributed by atoms with Crippen LogP contribution in [0.15, 0.2) is 66.0 Å². The number of aromatic nitrogens is 3. The predicted octanol–water partition coefficient (Wildman–Crippen LogP) is 2.99. The fourth-order valence-corrected chi connectivity index (χ4v) is 3.89. The Hall–Kier alpha value is -2.90. The van der Waals surface area contributed by atoms with Gasteiger partial charge in [-0.2, -0.15) is 0 Å². The number of para-hydroxylation sites is 1. The molecule has 2 N–H and O–H groups in total. The molecule has 2 aromatic carbocycles. The first-order valence-electron chi connectivity index (χ1n) is 8.08.